The summed E-state index contributed by atoms with van der Waals surface area (Å²) in [6, 6.07) is 0.554. The number of hydrogen-bond acceptors (Lipinski definition) is 3. The van der Waals surface area contributed by atoms with Crippen molar-refractivity contribution in [3.8, 4) is 0 Å². The van der Waals surface area contributed by atoms with E-state index in [2.05, 4.69) is 5.14 Å². The maximum atomic E-state index is 12.1. The third-order valence-electron chi connectivity index (χ3n) is 1.47. The van der Waals surface area contributed by atoms with Crippen molar-refractivity contribution in [2.24, 2.45) is 5.14 Å². The van der Waals surface area contributed by atoms with Gasteiger partial charge in [-0.15, -0.1) is 0 Å². The summed E-state index contributed by atoms with van der Waals surface area (Å²) < 4.78 is 45.7. The van der Waals surface area contributed by atoms with Gasteiger partial charge in [-0.1, -0.05) is 0 Å². The molecule has 1 heterocycles. The van der Waals surface area contributed by atoms with Crippen molar-refractivity contribution in [1.82, 2.24) is 4.98 Å². The molecule has 14 heavy (non-hydrogen) atoms. The zero-order valence-electron chi connectivity index (χ0n) is 6.70. The first kappa shape index (κ1) is 10.8. The average Bonchev–Trinajstić information content (AvgIpc) is 2.02. The summed E-state index contributed by atoms with van der Waals surface area (Å²) in [7, 11) is -4.08. The van der Waals surface area contributed by atoms with Crippen LogP contribution in [0.1, 0.15) is 12.0 Å². The standard InChI is InChI=1S/C6H6F2N2O3S/c7-5(8)4-1-3(14(9,12)13)2-10-6(4)11/h1-2,5H,(H,10,11)(H2,9,12,13). The summed E-state index contributed by atoms with van der Waals surface area (Å²) in [5.41, 5.74) is -1.95. The van der Waals surface area contributed by atoms with E-state index in [-0.39, 0.29) is 0 Å². The highest BCUT2D eigenvalue weighted by Gasteiger charge is 2.16. The Morgan fingerprint density at radius 3 is 2.43 bits per heavy atom. The maximum Gasteiger partial charge on any atom is 0.269 e. The van der Waals surface area contributed by atoms with Crippen molar-refractivity contribution in [3.05, 3.63) is 28.2 Å². The lowest BCUT2D eigenvalue weighted by molar-refractivity contribution is 0.149. The first-order valence-corrected chi connectivity index (χ1v) is 4.90. The number of hydrogen-bond donors (Lipinski definition) is 2. The van der Waals surface area contributed by atoms with E-state index in [1.165, 1.54) is 0 Å². The van der Waals surface area contributed by atoms with Gasteiger partial charge in [0.25, 0.3) is 12.0 Å². The molecule has 0 unspecified atom stereocenters. The molecule has 0 atom stereocenters. The second-order valence-electron chi connectivity index (χ2n) is 2.47. The van der Waals surface area contributed by atoms with Gasteiger partial charge in [0.15, 0.2) is 0 Å². The number of alkyl halides is 2. The van der Waals surface area contributed by atoms with Gasteiger partial charge < -0.3 is 4.98 Å². The van der Waals surface area contributed by atoms with E-state index in [0.717, 1.165) is 6.20 Å². The van der Waals surface area contributed by atoms with Crippen LogP contribution in [0.4, 0.5) is 8.78 Å². The number of aromatic amines is 1. The molecule has 0 spiro atoms. The molecule has 0 saturated heterocycles. The third-order valence-corrected chi connectivity index (χ3v) is 2.36. The van der Waals surface area contributed by atoms with Gasteiger partial charge in [-0.25, -0.2) is 22.3 Å². The van der Waals surface area contributed by atoms with E-state index < -0.39 is 32.5 Å². The SMILES string of the molecule is NS(=O)(=O)c1c[nH]c(=O)c(C(F)F)c1. The van der Waals surface area contributed by atoms with Crippen molar-refractivity contribution >= 4 is 10.0 Å². The summed E-state index contributed by atoms with van der Waals surface area (Å²) >= 11 is 0. The Balaban J connectivity index is 3.42. The van der Waals surface area contributed by atoms with Crippen LogP contribution in [0.15, 0.2) is 22.0 Å². The summed E-state index contributed by atoms with van der Waals surface area (Å²) in [5.74, 6) is 0. The predicted octanol–water partition coefficient (Wildman–Crippen LogP) is -0.0401. The molecule has 0 aliphatic rings. The lowest BCUT2D eigenvalue weighted by atomic mass is 10.3. The van der Waals surface area contributed by atoms with Crippen LogP contribution in [0.25, 0.3) is 0 Å². The smallest absolute Gasteiger partial charge is 0.269 e. The fourth-order valence-electron chi connectivity index (χ4n) is 0.807. The van der Waals surface area contributed by atoms with Gasteiger partial charge in [0.2, 0.25) is 10.0 Å². The van der Waals surface area contributed by atoms with Crippen LogP contribution in [-0.2, 0) is 10.0 Å². The van der Waals surface area contributed by atoms with E-state index in [4.69, 9.17) is 0 Å². The number of sulfonamides is 1. The number of rotatable bonds is 2. The van der Waals surface area contributed by atoms with Crippen molar-refractivity contribution in [3.63, 3.8) is 0 Å². The molecule has 1 rings (SSSR count). The Kier molecular flexibility index (Phi) is 2.67. The van der Waals surface area contributed by atoms with Crippen molar-refractivity contribution < 1.29 is 17.2 Å². The quantitative estimate of drug-likeness (QED) is 0.738. The average molecular weight is 224 g/mol. The molecular formula is C6H6F2N2O3S. The molecule has 78 valence electrons. The predicted molar refractivity (Wildman–Crippen MR) is 43.4 cm³/mol. The Labute approximate surface area is 77.6 Å². The molecule has 3 N–H and O–H groups in total. The van der Waals surface area contributed by atoms with E-state index in [1.54, 1.807) is 0 Å². The number of aromatic nitrogens is 1. The zero-order chi connectivity index (χ0) is 10.9. The maximum absolute atomic E-state index is 12.1. The van der Waals surface area contributed by atoms with Crippen molar-refractivity contribution in [2.75, 3.05) is 0 Å². The molecule has 8 heteroatoms. The van der Waals surface area contributed by atoms with Gasteiger partial charge in [-0.3, -0.25) is 4.79 Å². The van der Waals surface area contributed by atoms with Crippen LogP contribution in [0, 0.1) is 0 Å². The van der Waals surface area contributed by atoms with Gasteiger partial charge >= 0.3 is 0 Å². The van der Waals surface area contributed by atoms with Gasteiger partial charge in [0.1, 0.15) is 0 Å². The summed E-state index contributed by atoms with van der Waals surface area (Å²) in [5, 5.41) is 4.68. The highest BCUT2D eigenvalue weighted by molar-refractivity contribution is 7.89. The summed E-state index contributed by atoms with van der Waals surface area (Å²) in [6.45, 7) is 0. The minimum atomic E-state index is -4.08. The van der Waals surface area contributed by atoms with Crippen LogP contribution in [0.3, 0.4) is 0 Å². The Morgan fingerprint density at radius 1 is 1.43 bits per heavy atom. The fraction of sp³-hybridized carbons (Fsp3) is 0.167. The second-order valence-corrected chi connectivity index (χ2v) is 4.03. The first-order chi connectivity index (χ1) is 6.32. The van der Waals surface area contributed by atoms with Crippen LogP contribution >= 0.6 is 0 Å². The lowest BCUT2D eigenvalue weighted by Gasteiger charge is -2.00. The topological polar surface area (TPSA) is 93.0 Å². The molecule has 1 aromatic heterocycles. The molecule has 0 amide bonds. The Morgan fingerprint density at radius 2 is 2.00 bits per heavy atom. The lowest BCUT2D eigenvalue weighted by Crippen LogP contribution is -2.18. The molecule has 0 radical (unpaired) electrons. The molecule has 0 saturated carbocycles. The van der Waals surface area contributed by atoms with E-state index in [9.17, 15) is 22.0 Å². The molecule has 5 nitrogen and oxygen atoms in total. The minimum Gasteiger partial charge on any atom is -0.327 e. The normalized spacial score (nSPS) is 12.0. The number of halogens is 2. The minimum absolute atomic E-state index is 0.549. The van der Waals surface area contributed by atoms with E-state index in [1.807, 2.05) is 4.98 Å². The summed E-state index contributed by atoms with van der Waals surface area (Å²) in [4.78, 5) is 12.1. The molecule has 1 aromatic rings. The van der Waals surface area contributed by atoms with Crippen LogP contribution < -0.4 is 10.7 Å². The molecular weight excluding hydrogens is 218 g/mol. The number of H-pyrrole nitrogens is 1. The third kappa shape index (κ3) is 2.15. The van der Waals surface area contributed by atoms with E-state index in [0.29, 0.717) is 6.07 Å². The van der Waals surface area contributed by atoms with Crippen LogP contribution in [-0.4, -0.2) is 13.4 Å². The van der Waals surface area contributed by atoms with Gasteiger partial charge in [-0.05, 0) is 6.07 Å². The first-order valence-electron chi connectivity index (χ1n) is 3.36. The number of nitrogens with one attached hydrogen (secondary N) is 1. The van der Waals surface area contributed by atoms with Gasteiger partial charge in [0.05, 0.1) is 10.5 Å². The molecule has 0 aliphatic heterocycles. The second kappa shape index (κ2) is 3.46. The Hall–Kier alpha value is -1.28. The van der Waals surface area contributed by atoms with Gasteiger partial charge in [0, 0.05) is 6.20 Å². The summed E-state index contributed by atoms with van der Waals surface area (Å²) in [6.07, 6.45) is -2.27. The largest absolute Gasteiger partial charge is 0.327 e. The highest BCUT2D eigenvalue weighted by Crippen LogP contribution is 2.16. The number of pyridine rings is 1. The molecule has 0 aromatic carbocycles. The number of nitrogens with two attached hydrogens (primary N) is 1. The monoisotopic (exact) mass is 224 g/mol. The van der Waals surface area contributed by atoms with Crippen LogP contribution in [0.2, 0.25) is 0 Å². The molecule has 0 bridgehead atoms. The van der Waals surface area contributed by atoms with Gasteiger partial charge in [-0.2, -0.15) is 0 Å². The van der Waals surface area contributed by atoms with Crippen molar-refractivity contribution in [1.29, 1.82) is 0 Å². The van der Waals surface area contributed by atoms with Crippen LogP contribution in [0.5, 0.6) is 0 Å². The zero-order valence-corrected chi connectivity index (χ0v) is 7.51. The fourth-order valence-corrected chi connectivity index (χ4v) is 1.32. The van der Waals surface area contributed by atoms with E-state index >= 15 is 0 Å². The van der Waals surface area contributed by atoms with Crippen molar-refractivity contribution in [2.45, 2.75) is 11.3 Å². The Bertz CT molecular complexity index is 494. The molecule has 0 aliphatic carbocycles. The number of primary sulfonamides is 1. The molecule has 0 fully saturated rings. The highest BCUT2D eigenvalue weighted by atomic mass is 32.2.